The van der Waals surface area contributed by atoms with E-state index in [4.69, 9.17) is 14.4 Å². The highest BCUT2D eigenvalue weighted by Crippen LogP contribution is 2.37. The van der Waals surface area contributed by atoms with Crippen molar-refractivity contribution in [2.24, 2.45) is 9.98 Å². The van der Waals surface area contributed by atoms with Crippen molar-refractivity contribution in [3.05, 3.63) is 144 Å². The summed E-state index contributed by atoms with van der Waals surface area (Å²) in [6, 6.07) is 43.3. The standard InChI is InChI=1S/C33H23N3O/c1-4-11-22(12-5-1)25-19-20-26-29(21-25)37-28-18-10-17-27(30(26)28)33-35-31(23-13-6-2-7-14-23)34-32(36-33)24-15-8-3-9-16-24/h1-21,33H,(H,34,35,36). The lowest BCUT2D eigenvalue weighted by atomic mass is 10.0. The van der Waals surface area contributed by atoms with Crippen LogP contribution in [-0.2, 0) is 0 Å². The molecule has 6 aromatic rings. The van der Waals surface area contributed by atoms with Crippen molar-refractivity contribution in [3.63, 3.8) is 0 Å². The number of nitrogens with one attached hydrogen (secondary N) is 1. The van der Waals surface area contributed by atoms with Gasteiger partial charge < -0.3 is 9.73 Å². The van der Waals surface area contributed by atoms with Crippen LogP contribution in [0.2, 0.25) is 0 Å². The summed E-state index contributed by atoms with van der Waals surface area (Å²) in [5.74, 6) is 1.51. The fourth-order valence-electron chi connectivity index (χ4n) is 4.96. The maximum Gasteiger partial charge on any atom is 0.159 e. The SMILES string of the molecule is c1ccc(C2=NC(c3cccc4oc5cc(-c6ccccc6)ccc5c34)NC(c3ccccc3)=N2)cc1. The number of nitrogens with zero attached hydrogens (tertiary/aromatic N) is 2. The van der Waals surface area contributed by atoms with Crippen molar-refractivity contribution in [1.82, 2.24) is 5.32 Å². The van der Waals surface area contributed by atoms with E-state index in [2.05, 4.69) is 66.0 Å². The highest BCUT2D eigenvalue weighted by molar-refractivity contribution is 6.14. The van der Waals surface area contributed by atoms with Crippen LogP contribution in [0.4, 0.5) is 0 Å². The fourth-order valence-corrected chi connectivity index (χ4v) is 4.96. The first-order chi connectivity index (χ1) is 18.3. The molecular weight excluding hydrogens is 454 g/mol. The van der Waals surface area contributed by atoms with Gasteiger partial charge in [0, 0.05) is 27.5 Å². The van der Waals surface area contributed by atoms with Crippen molar-refractivity contribution in [2.75, 3.05) is 0 Å². The lowest BCUT2D eigenvalue weighted by Crippen LogP contribution is -2.33. The molecule has 0 saturated carbocycles. The molecule has 0 amide bonds. The van der Waals surface area contributed by atoms with Crippen LogP contribution in [0.15, 0.2) is 142 Å². The van der Waals surface area contributed by atoms with Gasteiger partial charge in [-0.2, -0.15) is 0 Å². The van der Waals surface area contributed by atoms with E-state index >= 15 is 0 Å². The van der Waals surface area contributed by atoms with Gasteiger partial charge in [0.05, 0.1) is 0 Å². The third-order valence-corrected chi connectivity index (χ3v) is 6.75. The number of aliphatic imine (C=N–C) groups is 2. The predicted octanol–water partition coefficient (Wildman–Crippen LogP) is 7.75. The number of fused-ring (bicyclic) bond motifs is 3. The average Bonchev–Trinajstić information content (AvgIpc) is 3.36. The molecule has 0 spiro atoms. The fraction of sp³-hybridized carbons (Fsp3) is 0.0303. The zero-order chi connectivity index (χ0) is 24.6. The number of hydrogen-bond acceptors (Lipinski definition) is 4. The molecule has 1 aliphatic heterocycles. The molecule has 0 aliphatic carbocycles. The quantitative estimate of drug-likeness (QED) is 0.282. The molecule has 1 N–H and O–H groups in total. The van der Waals surface area contributed by atoms with Gasteiger partial charge in [0.25, 0.3) is 0 Å². The molecule has 0 bridgehead atoms. The molecule has 1 atom stereocenters. The monoisotopic (exact) mass is 477 g/mol. The molecule has 5 aromatic carbocycles. The second-order valence-electron chi connectivity index (χ2n) is 9.09. The molecule has 1 aromatic heterocycles. The summed E-state index contributed by atoms with van der Waals surface area (Å²) in [6.07, 6.45) is -0.318. The Morgan fingerprint density at radius 2 is 1.24 bits per heavy atom. The Hall–Kier alpha value is -4.96. The van der Waals surface area contributed by atoms with Gasteiger partial charge in [-0.3, -0.25) is 0 Å². The number of benzene rings is 5. The Morgan fingerprint density at radius 3 is 1.97 bits per heavy atom. The Balaban J connectivity index is 1.38. The predicted molar refractivity (Wildman–Crippen MR) is 151 cm³/mol. The maximum atomic E-state index is 6.36. The summed E-state index contributed by atoms with van der Waals surface area (Å²) in [4.78, 5) is 9.98. The normalized spacial score (nSPS) is 15.3. The summed E-state index contributed by atoms with van der Waals surface area (Å²) in [7, 11) is 0. The van der Waals surface area contributed by atoms with Crippen LogP contribution in [0.25, 0.3) is 33.1 Å². The van der Waals surface area contributed by atoms with Crippen molar-refractivity contribution >= 4 is 33.6 Å². The van der Waals surface area contributed by atoms with Crippen LogP contribution in [0.5, 0.6) is 0 Å². The average molecular weight is 478 g/mol. The topological polar surface area (TPSA) is 49.9 Å². The zero-order valence-corrected chi connectivity index (χ0v) is 20.0. The minimum atomic E-state index is -0.318. The summed E-state index contributed by atoms with van der Waals surface area (Å²) in [6.45, 7) is 0. The van der Waals surface area contributed by atoms with Crippen LogP contribution < -0.4 is 5.32 Å². The number of rotatable bonds is 4. The first-order valence-corrected chi connectivity index (χ1v) is 12.4. The smallest absolute Gasteiger partial charge is 0.159 e. The number of furan rings is 1. The van der Waals surface area contributed by atoms with Gasteiger partial charge in [0.15, 0.2) is 5.84 Å². The lowest BCUT2D eigenvalue weighted by molar-refractivity contribution is 0.662. The maximum absolute atomic E-state index is 6.36. The molecule has 176 valence electrons. The van der Waals surface area contributed by atoms with E-state index in [0.717, 1.165) is 50.0 Å². The van der Waals surface area contributed by atoms with Crippen LogP contribution in [-0.4, -0.2) is 11.7 Å². The van der Waals surface area contributed by atoms with Gasteiger partial charge in [-0.25, -0.2) is 9.98 Å². The Bertz CT molecular complexity index is 1790. The van der Waals surface area contributed by atoms with Crippen LogP contribution in [0.3, 0.4) is 0 Å². The van der Waals surface area contributed by atoms with Gasteiger partial charge in [-0.15, -0.1) is 0 Å². The van der Waals surface area contributed by atoms with Gasteiger partial charge >= 0.3 is 0 Å². The van der Waals surface area contributed by atoms with E-state index in [1.165, 1.54) is 5.56 Å². The molecule has 1 aliphatic rings. The molecule has 0 fully saturated rings. The van der Waals surface area contributed by atoms with E-state index < -0.39 is 0 Å². The first-order valence-electron chi connectivity index (χ1n) is 12.4. The summed E-state index contributed by atoms with van der Waals surface area (Å²) < 4.78 is 6.36. The highest BCUT2D eigenvalue weighted by atomic mass is 16.3. The van der Waals surface area contributed by atoms with Crippen molar-refractivity contribution in [3.8, 4) is 11.1 Å². The van der Waals surface area contributed by atoms with Crippen molar-refractivity contribution in [2.45, 2.75) is 6.17 Å². The Kier molecular flexibility index (Phi) is 5.14. The van der Waals surface area contributed by atoms with E-state index in [1.54, 1.807) is 0 Å². The Labute approximate surface area is 214 Å². The molecule has 4 heteroatoms. The molecule has 4 nitrogen and oxygen atoms in total. The second kappa shape index (κ2) is 8.92. The van der Waals surface area contributed by atoms with Crippen molar-refractivity contribution < 1.29 is 4.42 Å². The largest absolute Gasteiger partial charge is 0.456 e. The van der Waals surface area contributed by atoms with E-state index in [-0.39, 0.29) is 6.17 Å². The third kappa shape index (κ3) is 3.89. The van der Waals surface area contributed by atoms with Gasteiger partial charge in [0.2, 0.25) is 0 Å². The third-order valence-electron chi connectivity index (χ3n) is 6.75. The molecule has 0 saturated heterocycles. The van der Waals surface area contributed by atoms with Crippen LogP contribution >= 0.6 is 0 Å². The van der Waals surface area contributed by atoms with Gasteiger partial charge in [-0.1, -0.05) is 109 Å². The first kappa shape index (κ1) is 21.3. The minimum absolute atomic E-state index is 0.318. The van der Waals surface area contributed by atoms with Gasteiger partial charge in [-0.05, 0) is 29.3 Å². The van der Waals surface area contributed by atoms with Crippen molar-refractivity contribution in [1.29, 1.82) is 0 Å². The summed E-state index contributed by atoms with van der Waals surface area (Å²) >= 11 is 0. The number of hydrogen-bond donors (Lipinski definition) is 1. The molecule has 1 unspecified atom stereocenters. The Morgan fingerprint density at radius 1 is 0.568 bits per heavy atom. The summed E-state index contributed by atoms with van der Waals surface area (Å²) in [5.41, 5.74) is 7.07. The van der Waals surface area contributed by atoms with E-state index in [1.807, 2.05) is 66.7 Å². The molecular formula is C33H23N3O. The number of amidine groups is 2. The molecule has 37 heavy (non-hydrogen) atoms. The zero-order valence-electron chi connectivity index (χ0n) is 20.0. The van der Waals surface area contributed by atoms with E-state index in [9.17, 15) is 0 Å². The molecule has 2 heterocycles. The van der Waals surface area contributed by atoms with Crippen LogP contribution in [0, 0.1) is 0 Å². The van der Waals surface area contributed by atoms with E-state index in [0.29, 0.717) is 5.84 Å². The minimum Gasteiger partial charge on any atom is -0.456 e. The second-order valence-corrected chi connectivity index (χ2v) is 9.09. The van der Waals surface area contributed by atoms with Gasteiger partial charge in [0.1, 0.15) is 23.2 Å². The van der Waals surface area contributed by atoms with Crippen LogP contribution in [0.1, 0.15) is 22.9 Å². The summed E-state index contributed by atoms with van der Waals surface area (Å²) in [5, 5.41) is 5.74. The highest BCUT2D eigenvalue weighted by Gasteiger charge is 2.24. The molecule has 7 rings (SSSR count). The lowest BCUT2D eigenvalue weighted by Gasteiger charge is -2.24. The molecule has 0 radical (unpaired) electrons.